The van der Waals surface area contributed by atoms with Crippen molar-refractivity contribution in [3.63, 3.8) is 0 Å². The molecule has 1 fully saturated rings. The van der Waals surface area contributed by atoms with Gasteiger partial charge >= 0.3 is 0 Å². The van der Waals surface area contributed by atoms with Gasteiger partial charge in [0.2, 0.25) is 11.8 Å². The van der Waals surface area contributed by atoms with Crippen LogP contribution >= 0.6 is 0 Å². The van der Waals surface area contributed by atoms with Crippen LogP contribution in [0.3, 0.4) is 0 Å². The van der Waals surface area contributed by atoms with E-state index in [9.17, 15) is 9.59 Å². The van der Waals surface area contributed by atoms with Crippen LogP contribution in [0.25, 0.3) is 0 Å². The molecule has 1 atom stereocenters. The van der Waals surface area contributed by atoms with Crippen LogP contribution in [0.2, 0.25) is 0 Å². The average molecular weight is 291 g/mol. The first-order valence-electron chi connectivity index (χ1n) is 7.11. The predicted octanol–water partition coefficient (Wildman–Crippen LogP) is 0.175. The molecule has 2 amide bonds. The standard InChI is InChI=1S/C15H21N3O3/c1-2-17-15(20)13-10-21-7-6-18(13)14(19)9-11-4-3-5-12(16)8-11/h3-5,8,13H,2,6-7,9-10,16H2,1H3,(H,17,20). The van der Waals surface area contributed by atoms with E-state index in [0.29, 0.717) is 25.4 Å². The lowest BCUT2D eigenvalue weighted by molar-refractivity contribution is -0.148. The van der Waals surface area contributed by atoms with Crippen molar-refractivity contribution in [3.05, 3.63) is 29.8 Å². The van der Waals surface area contributed by atoms with Gasteiger partial charge in [0.15, 0.2) is 0 Å². The number of hydrogen-bond donors (Lipinski definition) is 2. The molecular weight excluding hydrogens is 270 g/mol. The summed E-state index contributed by atoms with van der Waals surface area (Å²) < 4.78 is 5.32. The SMILES string of the molecule is CCNC(=O)C1COCCN1C(=O)Cc1cccc(N)c1. The lowest BCUT2D eigenvalue weighted by Gasteiger charge is -2.34. The number of amides is 2. The van der Waals surface area contributed by atoms with E-state index in [2.05, 4.69) is 5.32 Å². The van der Waals surface area contributed by atoms with Crippen molar-refractivity contribution in [2.45, 2.75) is 19.4 Å². The van der Waals surface area contributed by atoms with Crippen molar-refractivity contribution < 1.29 is 14.3 Å². The van der Waals surface area contributed by atoms with E-state index >= 15 is 0 Å². The van der Waals surface area contributed by atoms with Crippen molar-refractivity contribution in [2.75, 3.05) is 32.0 Å². The predicted molar refractivity (Wildman–Crippen MR) is 79.6 cm³/mol. The first-order valence-corrected chi connectivity index (χ1v) is 7.11. The summed E-state index contributed by atoms with van der Waals surface area (Å²) in [4.78, 5) is 26.1. The molecule has 0 saturated carbocycles. The number of ether oxygens (including phenoxy) is 1. The highest BCUT2D eigenvalue weighted by Crippen LogP contribution is 2.13. The van der Waals surface area contributed by atoms with Crippen LogP contribution in [0.15, 0.2) is 24.3 Å². The molecule has 0 radical (unpaired) electrons. The first kappa shape index (κ1) is 15.3. The van der Waals surface area contributed by atoms with E-state index < -0.39 is 6.04 Å². The van der Waals surface area contributed by atoms with E-state index in [0.717, 1.165) is 5.56 Å². The Labute approximate surface area is 124 Å². The summed E-state index contributed by atoms with van der Waals surface area (Å²) in [5, 5.41) is 2.74. The van der Waals surface area contributed by atoms with Crippen molar-refractivity contribution >= 4 is 17.5 Å². The number of nitrogens with one attached hydrogen (secondary N) is 1. The van der Waals surface area contributed by atoms with E-state index in [4.69, 9.17) is 10.5 Å². The van der Waals surface area contributed by atoms with Gasteiger partial charge in [-0.2, -0.15) is 0 Å². The van der Waals surface area contributed by atoms with Gasteiger partial charge < -0.3 is 20.7 Å². The van der Waals surface area contributed by atoms with Gasteiger partial charge in [-0.1, -0.05) is 12.1 Å². The summed E-state index contributed by atoms with van der Waals surface area (Å²) >= 11 is 0. The topological polar surface area (TPSA) is 84.7 Å². The van der Waals surface area contributed by atoms with Crippen LogP contribution in [0.4, 0.5) is 5.69 Å². The number of carbonyl (C=O) groups is 2. The minimum atomic E-state index is -0.549. The van der Waals surface area contributed by atoms with Gasteiger partial charge in [-0.05, 0) is 24.6 Å². The summed E-state index contributed by atoms with van der Waals surface area (Å²) in [6.45, 7) is 3.52. The molecule has 1 aromatic carbocycles. The van der Waals surface area contributed by atoms with Crippen molar-refractivity contribution in [1.29, 1.82) is 0 Å². The second-order valence-electron chi connectivity index (χ2n) is 4.99. The number of nitrogens with zero attached hydrogens (tertiary/aromatic N) is 1. The second-order valence-corrected chi connectivity index (χ2v) is 4.99. The summed E-state index contributed by atoms with van der Waals surface area (Å²) in [5.74, 6) is -0.252. The molecule has 0 bridgehead atoms. The van der Waals surface area contributed by atoms with Gasteiger partial charge in [0.1, 0.15) is 6.04 Å². The van der Waals surface area contributed by atoms with Crippen LogP contribution in [0.5, 0.6) is 0 Å². The molecule has 1 aliphatic heterocycles. The highest BCUT2D eigenvalue weighted by Gasteiger charge is 2.32. The van der Waals surface area contributed by atoms with E-state index in [1.165, 1.54) is 0 Å². The number of nitrogen functional groups attached to an aromatic ring is 1. The number of carbonyl (C=O) groups excluding carboxylic acids is 2. The molecule has 21 heavy (non-hydrogen) atoms. The van der Waals surface area contributed by atoms with E-state index in [-0.39, 0.29) is 24.8 Å². The molecule has 1 aromatic rings. The maximum atomic E-state index is 12.4. The molecule has 6 nitrogen and oxygen atoms in total. The zero-order valence-electron chi connectivity index (χ0n) is 12.2. The largest absolute Gasteiger partial charge is 0.399 e. The Balaban J connectivity index is 2.06. The van der Waals surface area contributed by atoms with Crippen LogP contribution in [0.1, 0.15) is 12.5 Å². The minimum absolute atomic E-state index is 0.0832. The Kier molecular flexibility index (Phi) is 5.16. The molecule has 1 unspecified atom stereocenters. The fourth-order valence-corrected chi connectivity index (χ4v) is 2.39. The number of likely N-dealkylation sites (N-methyl/N-ethyl adjacent to an activating group) is 1. The third-order valence-electron chi connectivity index (χ3n) is 3.41. The number of morpholine rings is 1. The smallest absolute Gasteiger partial charge is 0.245 e. The number of hydrogen-bond acceptors (Lipinski definition) is 4. The Hall–Kier alpha value is -2.08. The maximum Gasteiger partial charge on any atom is 0.245 e. The lowest BCUT2D eigenvalue weighted by Crippen LogP contribution is -2.56. The van der Waals surface area contributed by atoms with Gasteiger partial charge in [-0.3, -0.25) is 9.59 Å². The summed E-state index contributed by atoms with van der Waals surface area (Å²) in [6, 6.07) is 6.68. The fraction of sp³-hybridized carbons (Fsp3) is 0.467. The molecule has 2 rings (SSSR count). The van der Waals surface area contributed by atoms with Gasteiger partial charge in [0.05, 0.1) is 19.6 Å². The van der Waals surface area contributed by atoms with Crippen molar-refractivity contribution in [1.82, 2.24) is 10.2 Å². The Morgan fingerprint density at radius 2 is 2.29 bits per heavy atom. The monoisotopic (exact) mass is 291 g/mol. The molecular formula is C15H21N3O3. The third kappa shape index (κ3) is 3.95. The zero-order chi connectivity index (χ0) is 15.2. The Bertz CT molecular complexity index is 519. The second kappa shape index (κ2) is 7.08. The maximum absolute atomic E-state index is 12.4. The Morgan fingerprint density at radius 3 is 3.00 bits per heavy atom. The normalized spacial score (nSPS) is 18.3. The fourth-order valence-electron chi connectivity index (χ4n) is 2.39. The highest BCUT2D eigenvalue weighted by molar-refractivity contribution is 5.88. The molecule has 1 heterocycles. The van der Waals surface area contributed by atoms with E-state index in [1.807, 2.05) is 19.1 Å². The molecule has 114 valence electrons. The molecule has 0 aliphatic carbocycles. The summed E-state index contributed by atoms with van der Waals surface area (Å²) in [6.07, 6.45) is 0.237. The number of rotatable bonds is 4. The minimum Gasteiger partial charge on any atom is -0.399 e. The van der Waals surface area contributed by atoms with Crippen LogP contribution in [-0.2, 0) is 20.7 Å². The molecule has 1 saturated heterocycles. The van der Waals surface area contributed by atoms with Gasteiger partial charge in [-0.15, -0.1) is 0 Å². The highest BCUT2D eigenvalue weighted by atomic mass is 16.5. The molecule has 6 heteroatoms. The molecule has 1 aliphatic rings. The number of nitrogens with two attached hydrogens (primary N) is 1. The third-order valence-corrected chi connectivity index (χ3v) is 3.41. The van der Waals surface area contributed by atoms with Gasteiger partial charge in [-0.25, -0.2) is 0 Å². The first-order chi connectivity index (χ1) is 10.1. The average Bonchev–Trinajstić information content (AvgIpc) is 2.47. The van der Waals surface area contributed by atoms with Gasteiger partial charge in [0.25, 0.3) is 0 Å². The molecule has 3 N–H and O–H groups in total. The van der Waals surface area contributed by atoms with Gasteiger partial charge in [0, 0.05) is 18.8 Å². The molecule has 0 aromatic heterocycles. The van der Waals surface area contributed by atoms with Crippen LogP contribution in [0, 0.1) is 0 Å². The van der Waals surface area contributed by atoms with Crippen molar-refractivity contribution in [2.24, 2.45) is 0 Å². The van der Waals surface area contributed by atoms with Crippen molar-refractivity contribution in [3.8, 4) is 0 Å². The van der Waals surface area contributed by atoms with Crippen LogP contribution in [-0.4, -0.2) is 49.1 Å². The summed E-state index contributed by atoms with van der Waals surface area (Å²) in [7, 11) is 0. The molecule has 0 spiro atoms. The zero-order valence-corrected chi connectivity index (χ0v) is 12.2. The number of anilines is 1. The Morgan fingerprint density at radius 1 is 1.48 bits per heavy atom. The quantitative estimate of drug-likeness (QED) is 0.775. The summed E-state index contributed by atoms with van der Waals surface area (Å²) in [5.41, 5.74) is 7.19. The van der Waals surface area contributed by atoms with E-state index in [1.54, 1.807) is 17.0 Å². The number of benzene rings is 1. The van der Waals surface area contributed by atoms with Crippen LogP contribution < -0.4 is 11.1 Å². The lowest BCUT2D eigenvalue weighted by atomic mass is 10.1.